The van der Waals surface area contributed by atoms with Gasteiger partial charge in [0, 0.05) is 16.5 Å². The molecule has 0 saturated carbocycles. The number of halogens is 2. The monoisotopic (exact) mass is 497 g/mol. The lowest BCUT2D eigenvalue weighted by molar-refractivity contribution is -0.00386. The van der Waals surface area contributed by atoms with E-state index in [4.69, 9.17) is 52.4 Å². The minimum Gasteiger partial charge on any atom is -0.491 e. The van der Waals surface area contributed by atoms with Crippen molar-refractivity contribution in [2.24, 2.45) is 5.11 Å². The Morgan fingerprint density at radius 3 is 1.67 bits per heavy atom. The number of hydrogen-bond donors (Lipinski definition) is 0. The number of azide groups is 1. The number of alkyl halides is 1. The molecule has 180 valence electrons. The van der Waals surface area contributed by atoms with E-state index in [9.17, 15) is 0 Å². The van der Waals surface area contributed by atoms with Crippen LogP contribution in [-0.2, 0) is 18.9 Å². The zero-order valence-electron chi connectivity index (χ0n) is 18.4. The Morgan fingerprint density at radius 2 is 1.15 bits per heavy atom. The van der Waals surface area contributed by atoms with Gasteiger partial charge in [-0.1, -0.05) is 41.0 Å². The zero-order chi connectivity index (χ0) is 23.6. The van der Waals surface area contributed by atoms with Crippen molar-refractivity contribution in [3.63, 3.8) is 0 Å². The molecule has 0 aliphatic heterocycles. The van der Waals surface area contributed by atoms with Gasteiger partial charge in [-0.05, 0) is 40.9 Å². The molecule has 8 nitrogen and oxygen atoms in total. The number of hydrogen-bond acceptors (Lipinski definition) is 6. The Kier molecular flexibility index (Phi) is 14.4. The molecule has 0 aliphatic carbocycles. The molecule has 2 aromatic carbocycles. The fraction of sp³-hybridized carbons (Fsp3) is 0.478. The quantitative estimate of drug-likeness (QED) is 0.0899. The van der Waals surface area contributed by atoms with E-state index in [1.807, 2.05) is 48.5 Å². The molecule has 0 aromatic heterocycles. The van der Waals surface area contributed by atoms with E-state index in [-0.39, 0.29) is 5.38 Å². The van der Waals surface area contributed by atoms with Crippen LogP contribution < -0.4 is 4.74 Å². The molecular weight excluding hydrogens is 469 g/mol. The van der Waals surface area contributed by atoms with Crippen molar-refractivity contribution < 1.29 is 23.7 Å². The van der Waals surface area contributed by atoms with E-state index in [1.165, 1.54) is 0 Å². The van der Waals surface area contributed by atoms with Gasteiger partial charge in [-0.2, -0.15) is 0 Å². The summed E-state index contributed by atoms with van der Waals surface area (Å²) in [6.07, 6.45) is 0. The predicted molar refractivity (Wildman–Crippen MR) is 128 cm³/mol. The molecule has 0 heterocycles. The highest BCUT2D eigenvalue weighted by Crippen LogP contribution is 2.30. The van der Waals surface area contributed by atoms with Crippen molar-refractivity contribution in [1.29, 1.82) is 0 Å². The normalized spacial score (nSPS) is 11.7. The van der Waals surface area contributed by atoms with Crippen LogP contribution in [0.1, 0.15) is 16.5 Å². The van der Waals surface area contributed by atoms with Crippen molar-refractivity contribution in [3.05, 3.63) is 75.1 Å². The third-order valence-corrected chi connectivity index (χ3v) is 5.10. The number of rotatable bonds is 18. The zero-order valence-corrected chi connectivity index (χ0v) is 19.9. The molecule has 0 spiro atoms. The molecule has 1 atom stereocenters. The van der Waals surface area contributed by atoms with E-state index >= 15 is 0 Å². The van der Waals surface area contributed by atoms with Gasteiger partial charge in [-0.25, -0.2) is 0 Å². The molecule has 33 heavy (non-hydrogen) atoms. The van der Waals surface area contributed by atoms with Crippen LogP contribution in [0.4, 0.5) is 0 Å². The Balaban J connectivity index is 1.44. The molecule has 10 heteroatoms. The first-order valence-corrected chi connectivity index (χ1v) is 11.5. The molecule has 1 unspecified atom stereocenters. The van der Waals surface area contributed by atoms with Crippen LogP contribution in [0.5, 0.6) is 5.75 Å². The average Bonchev–Trinajstić information content (AvgIpc) is 2.84. The first kappa shape index (κ1) is 27.2. The molecule has 0 radical (unpaired) electrons. The van der Waals surface area contributed by atoms with Crippen molar-refractivity contribution in [2.45, 2.75) is 5.38 Å². The van der Waals surface area contributed by atoms with Crippen LogP contribution in [0.3, 0.4) is 0 Å². The van der Waals surface area contributed by atoms with E-state index in [0.29, 0.717) is 71.0 Å². The van der Waals surface area contributed by atoms with Crippen molar-refractivity contribution in [3.8, 4) is 5.75 Å². The molecule has 0 N–H and O–H groups in total. The second kappa shape index (κ2) is 17.4. The summed E-state index contributed by atoms with van der Waals surface area (Å²) in [6, 6.07) is 15.2. The summed E-state index contributed by atoms with van der Waals surface area (Å²) in [5, 5.41) is 3.82. The van der Waals surface area contributed by atoms with Gasteiger partial charge in [-0.15, -0.1) is 11.6 Å². The van der Waals surface area contributed by atoms with Gasteiger partial charge in [0.05, 0.1) is 58.2 Å². The second-order valence-electron chi connectivity index (χ2n) is 6.74. The minimum atomic E-state index is -0.242. The maximum atomic E-state index is 8.12. The Labute approximate surface area is 204 Å². The van der Waals surface area contributed by atoms with E-state index in [0.717, 1.165) is 16.9 Å². The van der Waals surface area contributed by atoms with Gasteiger partial charge in [0.1, 0.15) is 12.4 Å². The first-order chi connectivity index (χ1) is 16.2. The minimum absolute atomic E-state index is 0.242. The lowest BCUT2D eigenvalue weighted by Crippen LogP contribution is -2.14. The summed E-state index contributed by atoms with van der Waals surface area (Å²) < 4.78 is 27.2. The summed E-state index contributed by atoms with van der Waals surface area (Å²) in [5.74, 6) is 0.762. The third-order valence-electron chi connectivity index (χ3n) is 4.35. The molecule has 0 fully saturated rings. The standard InChI is InChI=1S/C23H29Cl2N3O5/c24-21-5-1-19(2-6-21)23(25)20-3-7-22(8-4-20)33-18-17-32-16-15-31-14-13-30-12-11-29-10-9-27-28-26/h1-8,23H,9-18H2. The highest BCUT2D eigenvalue weighted by atomic mass is 35.5. The van der Waals surface area contributed by atoms with Crippen molar-refractivity contribution >= 4 is 23.2 Å². The fourth-order valence-corrected chi connectivity index (χ4v) is 3.10. The summed E-state index contributed by atoms with van der Waals surface area (Å²) >= 11 is 12.5. The van der Waals surface area contributed by atoms with Crippen LogP contribution in [-0.4, -0.2) is 66.0 Å². The summed E-state index contributed by atoms with van der Waals surface area (Å²) in [7, 11) is 0. The molecule has 0 aliphatic rings. The molecule has 2 rings (SSSR count). The van der Waals surface area contributed by atoms with Gasteiger partial charge in [0.25, 0.3) is 0 Å². The van der Waals surface area contributed by atoms with Gasteiger partial charge in [0.15, 0.2) is 0 Å². The highest BCUT2D eigenvalue weighted by molar-refractivity contribution is 6.30. The maximum Gasteiger partial charge on any atom is 0.119 e. The van der Waals surface area contributed by atoms with Gasteiger partial charge >= 0.3 is 0 Å². The summed E-state index contributed by atoms with van der Waals surface area (Å²) in [4.78, 5) is 2.64. The number of ether oxygens (including phenoxy) is 5. The maximum absolute atomic E-state index is 8.12. The summed E-state index contributed by atoms with van der Waals surface area (Å²) in [6.45, 7) is 4.53. The number of nitrogens with zero attached hydrogens (tertiary/aromatic N) is 3. The largest absolute Gasteiger partial charge is 0.491 e. The van der Waals surface area contributed by atoms with E-state index in [1.54, 1.807) is 0 Å². The summed E-state index contributed by atoms with van der Waals surface area (Å²) in [5.41, 5.74) is 10.1. The first-order valence-electron chi connectivity index (χ1n) is 10.6. The third kappa shape index (κ3) is 12.1. The molecule has 2 aromatic rings. The molecular formula is C23H29Cl2N3O5. The SMILES string of the molecule is [N-]=[N+]=NCCOCCOCCOCCOCCOc1ccc(C(Cl)c2ccc(Cl)cc2)cc1. The van der Waals surface area contributed by atoms with E-state index < -0.39 is 0 Å². The lowest BCUT2D eigenvalue weighted by atomic mass is 10.0. The van der Waals surface area contributed by atoms with Crippen LogP contribution in [0.25, 0.3) is 10.4 Å². The molecule has 0 bridgehead atoms. The predicted octanol–water partition coefficient (Wildman–Crippen LogP) is 5.42. The van der Waals surface area contributed by atoms with Crippen LogP contribution in [0.15, 0.2) is 53.6 Å². The number of benzene rings is 2. The van der Waals surface area contributed by atoms with Gasteiger partial charge in [-0.3, -0.25) is 0 Å². The Hall–Kier alpha value is -2.03. The van der Waals surface area contributed by atoms with E-state index in [2.05, 4.69) is 10.0 Å². The fourth-order valence-electron chi connectivity index (χ4n) is 2.69. The highest BCUT2D eigenvalue weighted by Gasteiger charge is 2.10. The smallest absolute Gasteiger partial charge is 0.119 e. The van der Waals surface area contributed by atoms with Crippen LogP contribution in [0.2, 0.25) is 5.02 Å². The van der Waals surface area contributed by atoms with Gasteiger partial charge in [0.2, 0.25) is 0 Å². The average molecular weight is 498 g/mol. The van der Waals surface area contributed by atoms with Crippen molar-refractivity contribution in [1.82, 2.24) is 0 Å². The lowest BCUT2D eigenvalue weighted by Gasteiger charge is -2.12. The second-order valence-corrected chi connectivity index (χ2v) is 7.61. The Bertz CT molecular complexity index is 818. The van der Waals surface area contributed by atoms with Crippen molar-refractivity contribution in [2.75, 3.05) is 66.0 Å². The molecule has 0 amide bonds. The topological polar surface area (TPSA) is 94.9 Å². The van der Waals surface area contributed by atoms with Crippen LogP contribution >= 0.6 is 23.2 Å². The van der Waals surface area contributed by atoms with Crippen LogP contribution in [0, 0.1) is 0 Å². The van der Waals surface area contributed by atoms with Gasteiger partial charge < -0.3 is 23.7 Å². The molecule has 0 saturated heterocycles. The Morgan fingerprint density at radius 1 is 0.697 bits per heavy atom.